The topological polar surface area (TPSA) is 54.9 Å². The summed E-state index contributed by atoms with van der Waals surface area (Å²) >= 11 is 0. The number of esters is 1. The number of piperazine rings is 1. The third-order valence-electron chi connectivity index (χ3n) is 6.53. The molecule has 0 spiro atoms. The number of hydrogen-bond donors (Lipinski definition) is 0. The monoisotopic (exact) mass is 477 g/mol. The van der Waals surface area contributed by atoms with Gasteiger partial charge in [-0.05, 0) is 48.7 Å². The molecule has 0 saturated carbocycles. The fourth-order valence-electron chi connectivity index (χ4n) is 4.61. The van der Waals surface area contributed by atoms with Crippen molar-refractivity contribution in [2.24, 2.45) is 0 Å². The second kappa shape index (κ2) is 11.9. The molecule has 184 valence electrons. The Kier molecular flexibility index (Phi) is 8.45. The first-order valence-corrected chi connectivity index (χ1v) is 12.0. The predicted octanol–water partition coefficient (Wildman–Crippen LogP) is 4.19. The van der Waals surface area contributed by atoms with Crippen LogP contribution in [-0.4, -0.2) is 73.7 Å². The number of fused-ring (bicyclic) bond motifs is 1. The molecule has 1 saturated heterocycles. The molecule has 1 fully saturated rings. The van der Waals surface area contributed by atoms with Crippen LogP contribution in [-0.2, 0) is 16.0 Å². The van der Waals surface area contributed by atoms with Gasteiger partial charge in [-0.2, -0.15) is 0 Å². The summed E-state index contributed by atoms with van der Waals surface area (Å²) in [5, 5.41) is 0.767. The van der Waals surface area contributed by atoms with E-state index < -0.39 is 0 Å². The van der Waals surface area contributed by atoms with Crippen LogP contribution in [0.3, 0.4) is 0 Å². The van der Waals surface area contributed by atoms with Gasteiger partial charge in [0.05, 0.1) is 25.9 Å². The minimum Gasteiger partial charge on any atom is -0.497 e. The summed E-state index contributed by atoms with van der Waals surface area (Å²) in [6, 6.07) is 15.3. The highest BCUT2D eigenvalue weighted by Crippen LogP contribution is 2.26. The molecule has 0 bridgehead atoms. The van der Waals surface area contributed by atoms with Crippen molar-refractivity contribution in [3.8, 4) is 5.75 Å². The number of rotatable bonds is 9. The summed E-state index contributed by atoms with van der Waals surface area (Å²) in [5.74, 6) is 0.131. The Morgan fingerprint density at radius 2 is 2.00 bits per heavy atom. The van der Waals surface area contributed by atoms with Crippen molar-refractivity contribution in [1.82, 2.24) is 14.8 Å². The number of hydrogen-bond acceptors (Lipinski definition) is 6. The quantitative estimate of drug-likeness (QED) is 0.431. The van der Waals surface area contributed by atoms with Gasteiger partial charge in [-0.3, -0.25) is 19.6 Å². The highest BCUT2D eigenvalue weighted by molar-refractivity contribution is 5.83. The molecule has 0 radical (unpaired) electrons. The number of benzene rings is 2. The molecule has 1 atom stereocenters. The molecule has 0 unspecified atom stereocenters. The lowest BCUT2D eigenvalue weighted by Gasteiger charge is -2.39. The largest absolute Gasteiger partial charge is 0.497 e. The Bertz CT molecular complexity index is 1170. The van der Waals surface area contributed by atoms with Crippen LogP contribution in [0.15, 0.2) is 60.8 Å². The zero-order valence-corrected chi connectivity index (χ0v) is 20.3. The molecule has 1 aliphatic rings. The van der Waals surface area contributed by atoms with Crippen molar-refractivity contribution in [3.05, 3.63) is 77.7 Å². The zero-order valence-electron chi connectivity index (χ0n) is 20.3. The molecule has 0 N–H and O–H groups in total. The van der Waals surface area contributed by atoms with Crippen molar-refractivity contribution in [2.75, 3.05) is 46.9 Å². The van der Waals surface area contributed by atoms with E-state index in [1.165, 1.54) is 13.3 Å². The molecule has 4 rings (SSSR count). The standard InChI is InChI=1S/C28H32FN3O3/c1-34-22-12-13-26-24(18-22)23(25(29)19-30-26)11-7-15-32-17-16-31(20-27(32)28(33)35-2)14-6-10-21-8-4-3-5-9-21/h3-6,8-10,12-13,18-19,27H,7,11,14-17,20H2,1-2H3/t27-/m1/s1. The third-order valence-corrected chi connectivity index (χ3v) is 6.53. The average Bonchev–Trinajstić information content (AvgIpc) is 2.90. The van der Waals surface area contributed by atoms with Gasteiger partial charge in [-0.25, -0.2) is 4.39 Å². The van der Waals surface area contributed by atoms with E-state index in [-0.39, 0.29) is 17.8 Å². The van der Waals surface area contributed by atoms with E-state index in [1.54, 1.807) is 7.11 Å². The number of methoxy groups -OCH3 is 2. The molecule has 6 nitrogen and oxygen atoms in total. The normalized spacial score (nSPS) is 17.2. The van der Waals surface area contributed by atoms with E-state index in [9.17, 15) is 9.18 Å². The maximum Gasteiger partial charge on any atom is 0.324 e. The van der Waals surface area contributed by atoms with Crippen molar-refractivity contribution in [2.45, 2.75) is 18.9 Å². The minimum atomic E-state index is -0.335. The maximum atomic E-state index is 14.7. The van der Waals surface area contributed by atoms with Crippen LogP contribution < -0.4 is 4.74 Å². The maximum absolute atomic E-state index is 14.7. The van der Waals surface area contributed by atoms with Crippen molar-refractivity contribution >= 4 is 22.9 Å². The molecule has 0 aliphatic carbocycles. The van der Waals surface area contributed by atoms with E-state index in [1.807, 2.05) is 36.4 Å². The van der Waals surface area contributed by atoms with Gasteiger partial charge >= 0.3 is 5.97 Å². The first-order valence-electron chi connectivity index (χ1n) is 12.0. The first kappa shape index (κ1) is 24.8. The van der Waals surface area contributed by atoms with Gasteiger partial charge in [-0.1, -0.05) is 42.5 Å². The van der Waals surface area contributed by atoms with Crippen LogP contribution in [0.5, 0.6) is 5.75 Å². The smallest absolute Gasteiger partial charge is 0.324 e. The molecule has 1 aromatic heterocycles. The molecule has 2 aromatic carbocycles. The predicted molar refractivity (Wildman–Crippen MR) is 136 cm³/mol. The van der Waals surface area contributed by atoms with Gasteiger partial charge < -0.3 is 9.47 Å². The van der Waals surface area contributed by atoms with Crippen LogP contribution in [0.25, 0.3) is 17.0 Å². The lowest BCUT2D eigenvalue weighted by atomic mass is 10.0. The second-order valence-corrected chi connectivity index (χ2v) is 8.72. The number of ether oxygens (including phenoxy) is 2. The molecular weight excluding hydrogens is 445 g/mol. The van der Waals surface area contributed by atoms with Crippen LogP contribution in [0, 0.1) is 5.82 Å². The Hall–Kier alpha value is -3.29. The van der Waals surface area contributed by atoms with Gasteiger partial charge in [0.25, 0.3) is 0 Å². The van der Waals surface area contributed by atoms with Gasteiger partial charge in [0.2, 0.25) is 0 Å². The SMILES string of the molecule is COC(=O)[C@H]1CN(CC=Cc2ccccc2)CCN1CCCc1c(F)cnc2ccc(OC)cc12. The average molecular weight is 478 g/mol. The fraction of sp³-hybridized carbons (Fsp3) is 0.357. The van der Waals surface area contributed by atoms with Crippen molar-refractivity contribution in [3.63, 3.8) is 0 Å². The Labute approximate surface area is 206 Å². The molecule has 2 heterocycles. The summed E-state index contributed by atoms with van der Waals surface area (Å²) < 4.78 is 25.1. The summed E-state index contributed by atoms with van der Waals surface area (Å²) in [6.45, 7) is 3.67. The highest BCUT2D eigenvalue weighted by Gasteiger charge is 2.32. The van der Waals surface area contributed by atoms with E-state index in [0.29, 0.717) is 37.2 Å². The van der Waals surface area contributed by atoms with E-state index >= 15 is 0 Å². The molecule has 0 amide bonds. The Morgan fingerprint density at radius 1 is 1.17 bits per heavy atom. The summed E-state index contributed by atoms with van der Waals surface area (Å²) in [7, 11) is 3.03. The van der Waals surface area contributed by atoms with Crippen molar-refractivity contribution < 1.29 is 18.7 Å². The number of pyridine rings is 1. The molecule has 7 heteroatoms. The van der Waals surface area contributed by atoms with Crippen LogP contribution in [0.2, 0.25) is 0 Å². The number of aryl methyl sites for hydroxylation is 1. The minimum absolute atomic E-state index is 0.230. The lowest BCUT2D eigenvalue weighted by Crippen LogP contribution is -2.56. The Balaban J connectivity index is 1.38. The van der Waals surface area contributed by atoms with Crippen LogP contribution in [0.4, 0.5) is 4.39 Å². The zero-order chi connectivity index (χ0) is 24.6. The number of aromatic nitrogens is 1. The third kappa shape index (κ3) is 6.24. The lowest BCUT2D eigenvalue weighted by molar-refractivity contribution is -0.149. The highest BCUT2D eigenvalue weighted by atomic mass is 19.1. The summed E-state index contributed by atoms with van der Waals surface area (Å²) in [5.41, 5.74) is 2.53. The van der Waals surface area contributed by atoms with Gasteiger partial charge in [-0.15, -0.1) is 0 Å². The fourth-order valence-corrected chi connectivity index (χ4v) is 4.61. The number of halogens is 1. The van der Waals surface area contributed by atoms with Crippen molar-refractivity contribution in [1.29, 1.82) is 0 Å². The molecule has 35 heavy (non-hydrogen) atoms. The summed E-state index contributed by atoms with van der Waals surface area (Å²) in [6.07, 6.45) is 6.77. The number of nitrogens with zero attached hydrogens (tertiary/aromatic N) is 3. The van der Waals surface area contributed by atoms with E-state index in [4.69, 9.17) is 9.47 Å². The van der Waals surface area contributed by atoms with E-state index in [0.717, 1.165) is 36.1 Å². The number of carbonyl (C=O) groups excluding carboxylic acids is 1. The van der Waals surface area contributed by atoms with Crippen LogP contribution in [0.1, 0.15) is 17.5 Å². The molecular formula is C28H32FN3O3. The first-order chi connectivity index (χ1) is 17.1. The van der Waals surface area contributed by atoms with Gasteiger partial charge in [0.1, 0.15) is 17.6 Å². The second-order valence-electron chi connectivity index (χ2n) is 8.72. The molecule has 3 aromatic rings. The van der Waals surface area contributed by atoms with Crippen LogP contribution >= 0.6 is 0 Å². The van der Waals surface area contributed by atoms with E-state index in [2.05, 4.69) is 39.1 Å². The summed E-state index contributed by atoms with van der Waals surface area (Å²) in [4.78, 5) is 21.2. The van der Waals surface area contributed by atoms with Gasteiger partial charge in [0.15, 0.2) is 0 Å². The molecule has 1 aliphatic heterocycles. The Morgan fingerprint density at radius 3 is 2.77 bits per heavy atom. The van der Waals surface area contributed by atoms with Gasteiger partial charge in [0, 0.05) is 31.6 Å². The number of carbonyl (C=O) groups is 1.